The van der Waals surface area contributed by atoms with Crippen LogP contribution in [0.15, 0.2) is 12.3 Å². The van der Waals surface area contributed by atoms with E-state index in [1.54, 1.807) is 0 Å². The molecule has 0 atom stereocenters. The summed E-state index contributed by atoms with van der Waals surface area (Å²) in [6.45, 7) is 2.71. The molecule has 0 spiro atoms. The standard InChI is InChI=1S/C11H16N4/c1-3-9-8-5-7-15(2)11(8)14-10(13-9)4-6-12/h5,7H,3-4,6,12H2,1-2H3. The smallest absolute Gasteiger partial charge is 0.143 e. The zero-order valence-corrected chi connectivity index (χ0v) is 9.20. The minimum Gasteiger partial charge on any atom is -0.335 e. The zero-order chi connectivity index (χ0) is 10.8. The van der Waals surface area contributed by atoms with E-state index < -0.39 is 0 Å². The van der Waals surface area contributed by atoms with Gasteiger partial charge in [-0.3, -0.25) is 0 Å². The summed E-state index contributed by atoms with van der Waals surface area (Å²) in [4.78, 5) is 9.02. The number of fused-ring (bicyclic) bond motifs is 1. The van der Waals surface area contributed by atoms with Crippen LogP contribution in [0.3, 0.4) is 0 Å². The van der Waals surface area contributed by atoms with Crippen LogP contribution in [-0.4, -0.2) is 21.1 Å². The first-order valence-electron chi connectivity index (χ1n) is 5.27. The van der Waals surface area contributed by atoms with Crippen molar-refractivity contribution >= 4 is 11.0 Å². The molecule has 80 valence electrons. The molecule has 0 saturated carbocycles. The number of rotatable bonds is 3. The SMILES string of the molecule is CCc1nc(CCN)nc2c1ccn2C. The molecule has 0 aromatic carbocycles. The van der Waals surface area contributed by atoms with Crippen molar-refractivity contribution in [2.45, 2.75) is 19.8 Å². The number of nitrogens with two attached hydrogens (primary N) is 1. The van der Waals surface area contributed by atoms with Gasteiger partial charge in [0, 0.05) is 25.1 Å². The molecule has 0 fully saturated rings. The molecule has 0 saturated heterocycles. The molecular weight excluding hydrogens is 188 g/mol. The van der Waals surface area contributed by atoms with Crippen molar-refractivity contribution in [1.82, 2.24) is 14.5 Å². The molecule has 15 heavy (non-hydrogen) atoms. The van der Waals surface area contributed by atoms with Crippen LogP contribution < -0.4 is 5.73 Å². The highest BCUT2D eigenvalue weighted by Gasteiger charge is 2.08. The lowest BCUT2D eigenvalue weighted by molar-refractivity contribution is 0.840. The predicted octanol–water partition coefficient (Wildman–Crippen LogP) is 1.03. The second kappa shape index (κ2) is 3.98. The lowest BCUT2D eigenvalue weighted by Gasteiger charge is -2.04. The predicted molar refractivity (Wildman–Crippen MR) is 60.6 cm³/mol. The fraction of sp³-hybridized carbons (Fsp3) is 0.455. The Hall–Kier alpha value is -1.42. The van der Waals surface area contributed by atoms with E-state index in [1.807, 2.05) is 17.8 Å². The molecule has 4 heteroatoms. The van der Waals surface area contributed by atoms with Gasteiger partial charge in [-0.15, -0.1) is 0 Å². The highest BCUT2D eigenvalue weighted by atomic mass is 15.0. The van der Waals surface area contributed by atoms with Crippen LogP contribution >= 0.6 is 0 Å². The number of hydrogen-bond donors (Lipinski definition) is 1. The van der Waals surface area contributed by atoms with E-state index in [2.05, 4.69) is 23.0 Å². The molecule has 2 rings (SSSR count). The Kier molecular flexibility index (Phi) is 2.68. The molecule has 0 aliphatic carbocycles. The largest absolute Gasteiger partial charge is 0.335 e. The molecule has 0 aliphatic heterocycles. The molecule has 2 aromatic rings. The van der Waals surface area contributed by atoms with Gasteiger partial charge < -0.3 is 10.3 Å². The Balaban J connectivity index is 2.62. The van der Waals surface area contributed by atoms with E-state index in [9.17, 15) is 0 Å². The summed E-state index contributed by atoms with van der Waals surface area (Å²) < 4.78 is 2.02. The molecule has 2 aromatic heterocycles. The highest BCUT2D eigenvalue weighted by molar-refractivity contribution is 5.78. The fourth-order valence-electron chi connectivity index (χ4n) is 1.76. The van der Waals surface area contributed by atoms with Gasteiger partial charge in [0.2, 0.25) is 0 Å². The minimum absolute atomic E-state index is 0.596. The minimum atomic E-state index is 0.596. The van der Waals surface area contributed by atoms with Crippen LogP contribution in [0, 0.1) is 0 Å². The summed E-state index contributed by atoms with van der Waals surface area (Å²) in [6, 6.07) is 2.07. The maximum absolute atomic E-state index is 5.52. The van der Waals surface area contributed by atoms with Crippen LogP contribution in [-0.2, 0) is 19.9 Å². The third-order valence-corrected chi connectivity index (χ3v) is 2.55. The molecular formula is C11H16N4. The van der Waals surface area contributed by atoms with E-state index in [-0.39, 0.29) is 0 Å². The van der Waals surface area contributed by atoms with E-state index >= 15 is 0 Å². The number of nitrogens with zero attached hydrogens (tertiary/aromatic N) is 3. The van der Waals surface area contributed by atoms with Crippen molar-refractivity contribution in [2.24, 2.45) is 12.8 Å². The van der Waals surface area contributed by atoms with E-state index in [0.29, 0.717) is 6.54 Å². The van der Waals surface area contributed by atoms with Gasteiger partial charge in [-0.2, -0.15) is 0 Å². The van der Waals surface area contributed by atoms with Gasteiger partial charge in [-0.1, -0.05) is 6.92 Å². The lowest BCUT2D eigenvalue weighted by Crippen LogP contribution is -2.08. The second-order valence-electron chi connectivity index (χ2n) is 3.64. The average Bonchev–Trinajstić information content (AvgIpc) is 2.60. The quantitative estimate of drug-likeness (QED) is 0.812. The molecule has 0 unspecified atom stereocenters. The average molecular weight is 204 g/mol. The second-order valence-corrected chi connectivity index (χ2v) is 3.64. The van der Waals surface area contributed by atoms with Gasteiger partial charge in [0.15, 0.2) is 0 Å². The van der Waals surface area contributed by atoms with Crippen molar-refractivity contribution in [1.29, 1.82) is 0 Å². The van der Waals surface area contributed by atoms with Crippen LogP contribution in [0.5, 0.6) is 0 Å². The van der Waals surface area contributed by atoms with Crippen LogP contribution in [0.4, 0.5) is 0 Å². The first kappa shape index (κ1) is 10.1. The van der Waals surface area contributed by atoms with Gasteiger partial charge in [0.1, 0.15) is 11.5 Å². The molecule has 0 radical (unpaired) electrons. The highest BCUT2D eigenvalue weighted by Crippen LogP contribution is 2.17. The summed E-state index contributed by atoms with van der Waals surface area (Å²) in [5.41, 5.74) is 7.64. The first-order valence-corrected chi connectivity index (χ1v) is 5.27. The molecule has 2 heterocycles. The zero-order valence-electron chi connectivity index (χ0n) is 9.20. The maximum Gasteiger partial charge on any atom is 0.143 e. The van der Waals surface area contributed by atoms with Crippen molar-refractivity contribution in [3.05, 3.63) is 23.8 Å². The molecule has 0 amide bonds. The molecule has 0 aliphatic rings. The van der Waals surface area contributed by atoms with E-state index in [1.165, 1.54) is 0 Å². The van der Waals surface area contributed by atoms with Gasteiger partial charge >= 0.3 is 0 Å². The van der Waals surface area contributed by atoms with Gasteiger partial charge in [-0.05, 0) is 19.0 Å². The third-order valence-electron chi connectivity index (χ3n) is 2.55. The Labute approximate surface area is 89.1 Å². The third kappa shape index (κ3) is 1.72. The molecule has 2 N–H and O–H groups in total. The van der Waals surface area contributed by atoms with Crippen molar-refractivity contribution in [3.63, 3.8) is 0 Å². The van der Waals surface area contributed by atoms with Crippen molar-refractivity contribution < 1.29 is 0 Å². The summed E-state index contributed by atoms with van der Waals surface area (Å²) in [7, 11) is 2.00. The van der Waals surface area contributed by atoms with Crippen LogP contribution in [0.2, 0.25) is 0 Å². The van der Waals surface area contributed by atoms with Crippen LogP contribution in [0.25, 0.3) is 11.0 Å². The topological polar surface area (TPSA) is 56.7 Å². The van der Waals surface area contributed by atoms with E-state index in [4.69, 9.17) is 5.73 Å². The van der Waals surface area contributed by atoms with Crippen LogP contribution in [0.1, 0.15) is 18.4 Å². The summed E-state index contributed by atoms with van der Waals surface area (Å²) in [5, 5.41) is 1.15. The lowest BCUT2D eigenvalue weighted by atomic mass is 10.2. The van der Waals surface area contributed by atoms with Gasteiger partial charge in [0.05, 0.1) is 5.69 Å². The normalized spacial score (nSPS) is 11.1. The van der Waals surface area contributed by atoms with Gasteiger partial charge in [0.25, 0.3) is 0 Å². The Morgan fingerprint density at radius 3 is 2.87 bits per heavy atom. The van der Waals surface area contributed by atoms with E-state index in [0.717, 1.165) is 35.4 Å². The first-order chi connectivity index (χ1) is 7.26. The van der Waals surface area contributed by atoms with Gasteiger partial charge in [-0.25, -0.2) is 9.97 Å². The summed E-state index contributed by atoms with van der Waals surface area (Å²) >= 11 is 0. The summed E-state index contributed by atoms with van der Waals surface area (Å²) in [6.07, 6.45) is 3.69. The van der Waals surface area contributed by atoms with Crippen molar-refractivity contribution in [3.8, 4) is 0 Å². The number of hydrogen-bond acceptors (Lipinski definition) is 3. The number of aryl methyl sites for hydroxylation is 2. The summed E-state index contributed by atoms with van der Waals surface area (Å²) in [5.74, 6) is 0.851. The number of aromatic nitrogens is 3. The molecule has 4 nitrogen and oxygen atoms in total. The monoisotopic (exact) mass is 204 g/mol. The molecule has 0 bridgehead atoms. The van der Waals surface area contributed by atoms with Crippen molar-refractivity contribution in [2.75, 3.05) is 6.54 Å². The maximum atomic E-state index is 5.52. The Bertz CT molecular complexity index is 473. The Morgan fingerprint density at radius 2 is 2.20 bits per heavy atom. The fourth-order valence-corrected chi connectivity index (χ4v) is 1.76. The Morgan fingerprint density at radius 1 is 1.40 bits per heavy atom.